The minimum atomic E-state index is 0.0492. The van der Waals surface area contributed by atoms with Crippen LogP contribution in [0.3, 0.4) is 0 Å². The van der Waals surface area contributed by atoms with Crippen LogP contribution >= 0.6 is 0 Å². The first-order valence-corrected chi connectivity index (χ1v) is 8.96. The van der Waals surface area contributed by atoms with Gasteiger partial charge >= 0.3 is 0 Å². The lowest BCUT2D eigenvalue weighted by Crippen LogP contribution is -2.04. The average Bonchev–Trinajstić information content (AvgIpc) is 3.25. The van der Waals surface area contributed by atoms with Crippen LogP contribution in [0.1, 0.15) is 15.9 Å². The molecule has 0 aliphatic rings. The van der Waals surface area contributed by atoms with Crippen LogP contribution in [0.15, 0.2) is 79.1 Å². The molecule has 28 heavy (non-hydrogen) atoms. The molecule has 0 aliphatic heterocycles. The first kappa shape index (κ1) is 17.7. The fraction of sp³-hybridized carbons (Fsp3) is 0.0870. The Kier molecular flexibility index (Phi) is 4.97. The highest BCUT2D eigenvalue weighted by Gasteiger charge is 2.13. The molecule has 0 amide bonds. The zero-order valence-corrected chi connectivity index (χ0v) is 15.4. The third kappa shape index (κ3) is 3.69. The molecule has 2 heterocycles. The van der Waals surface area contributed by atoms with Gasteiger partial charge in [-0.25, -0.2) is 0 Å². The molecule has 2 aromatic carbocycles. The average molecular weight is 369 g/mol. The zero-order chi connectivity index (χ0) is 19.3. The minimum absolute atomic E-state index is 0.0492. The Morgan fingerprint density at radius 3 is 2.54 bits per heavy atom. The fourth-order valence-corrected chi connectivity index (χ4v) is 3.12. The van der Waals surface area contributed by atoms with Gasteiger partial charge in [0.2, 0.25) is 0 Å². The summed E-state index contributed by atoms with van der Waals surface area (Å²) in [5.74, 6) is 0.775. The summed E-state index contributed by atoms with van der Waals surface area (Å²) in [6.45, 7) is 0. The number of rotatable bonds is 6. The van der Waals surface area contributed by atoms with Crippen LogP contribution in [-0.2, 0) is 6.42 Å². The van der Waals surface area contributed by atoms with Gasteiger partial charge in [0.25, 0.3) is 0 Å². The van der Waals surface area contributed by atoms with Gasteiger partial charge in [-0.05, 0) is 35.9 Å². The van der Waals surface area contributed by atoms with E-state index in [1.54, 1.807) is 31.6 Å². The Bertz CT molecular complexity index is 1090. The standard InChI is InChI=1S/C23H19N3O2/c1-28-23-8-7-16(14-22(27)18-9-11-24-12-10-18)13-19(23)21-15-20(25-26-21)17-5-3-2-4-6-17/h2-13,15H,14H2,1H3,(H,25,26). The van der Waals surface area contributed by atoms with E-state index < -0.39 is 0 Å². The van der Waals surface area contributed by atoms with Gasteiger partial charge in [-0.2, -0.15) is 5.10 Å². The molecule has 0 atom stereocenters. The number of nitrogens with zero attached hydrogens (tertiary/aromatic N) is 2. The van der Waals surface area contributed by atoms with Gasteiger partial charge in [0.1, 0.15) is 5.75 Å². The van der Waals surface area contributed by atoms with Gasteiger partial charge in [-0.15, -0.1) is 0 Å². The maximum absolute atomic E-state index is 12.5. The molecule has 0 spiro atoms. The van der Waals surface area contributed by atoms with E-state index in [2.05, 4.69) is 15.2 Å². The van der Waals surface area contributed by atoms with Crippen molar-refractivity contribution < 1.29 is 9.53 Å². The number of carbonyl (C=O) groups excluding carboxylic acids is 1. The van der Waals surface area contributed by atoms with Crippen molar-refractivity contribution in [1.29, 1.82) is 0 Å². The van der Waals surface area contributed by atoms with E-state index in [0.717, 1.165) is 33.8 Å². The molecule has 0 radical (unpaired) electrons. The van der Waals surface area contributed by atoms with Crippen molar-refractivity contribution in [3.63, 3.8) is 0 Å². The number of nitrogens with one attached hydrogen (secondary N) is 1. The molecule has 0 bridgehead atoms. The van der Waals surface area contributed by atoms with Crippen LogP contribution < -0.4 is 4.74 Å². The Balaban J connectivity index is 1.64. The number of ketones is 1. The van der Waals surface area contributed by atoms with Crippen molar-refractivity contribution in [2.24, 2.45) is 0 Å². The Hall–Kier alpha value is -3.73. The van der Waals surface area contributed by atoms with Gasteiger partial charge in [0, 0.05) is 35.5 Å². The normalized spacial score (nSPS) is 10.6. The Morgan fingerprint density at radius 1 is 1.00 bits per heavy atom. The van der Waals surface area contributed by atoms with E-state index in [1.165, 1.54) is 0 Å². The summed E-state index contributed by atoms with van der Waals surface area (Å²) in [4.78, 5) is 16.5. The number of benzene rings is 2. The van der Waals surface area contributed by atoms with Crippen LogP contribution in [0, 0.1) is 0 Å². The largest absolute Gasteiger partial charge is 0.496 e. The minimum Gasteiger partial charge on any atom is -0.496 e. The van der Waals surface area contributed by atoms with Gasteiger partial charge in [0.05, 0.1) is 18.5 Å². The third-order valence-corrected chi connectivity index (χ3v) is 4.57. The smallest absolute Gasteiger partial charge is 0.167 e. The molecule has 0 saturated carbocycles. The molecular formula is C23H19N3O2. The van der Waals surface area contributed by atoms with E-state index in [4.69, 9.17) is 4.74 Å². The Morgan fingerprint density at radius 2 is 1.79 bits per heavy atom. The van der Waals surface area contributed by atoms with Gasteiger partial charge < -0.3 is 4.74 Å². The molecular weight excluding hydrogens is 350 g/mol. The molecule has 1 N–H and O–H groups in total. The van der Waals surface area contributed by atoms with Crippen LogP contribution in [0.4, 0.5) is 0 Å². The van der Waals surface area contributed by atoms with Crippen LogP contribution in [0.2, 0.25) is 0 Å². The number of Topliss-reactive ketones (excluding diaryl/α,β-unsaturated/α-hetero) is 1. The highest BCUT2D eigenvalue weighted by molar-refractivity contribution is 5.97. The summed E-state index contributed by atoms with van der Waals surface area (Å²) in [5.41, 5.74) is 5.17. The first-order valence-electron chi connectivity index (χ1n) is 8.96. The van der Waals surface area contributed by atoms with Crippen molar-refractivity contribution in [3.8, 4) is 28.3 Å². The summed E-state index contributed by atoms with van der Waals surface area (Å²) in [5, 5.41) is 7.51. The summed E-state index contributed by atoms with van der Waals surface area (Å²) in [7, 11) is 1.63. The summed E-state index contributed by atoms with van der Waals surface area (Å²) in [6, 6.07) is 21.2. The number of carbonyl (C=O) groups is 1. The van der Waals surface area contributed by atoms with Crippen LogP contribution in [0.25, 0.3) is 22.5 Å². The second-order valence-corrected chi connectivity index (χ2v) is 6.40. The quantitative estimate of drug-likeness (QED) is 0.506. The van der Waals surface area contributed by atoms with Gasteiger partial charge in [0.15, 0.2) is 5.78 Å². The number of methoxy groups -OCH3 is 1. The molecule has 2 aromatic heterocycles. The second kappa shape index (κ2) is 7.88. The molecule has 0 aliphatic carbocycles. The van der Waals surface area contributed by atoms with Crippen molar-refractivity contribution in [3.05, 3.63) is 90.3 Å². The van der Waals surface area contributed by atoms with Crippen molar-refractivity contribution in [2.45, 2.75) is 6.42 Å². The molecule has 5 heteroatoms. The molecule has 4 rings (SSSR count). The van der Waals surface area contributed by atoms with E-state index in [9.17, 15) is 4.79 Å². The topological polar surface area (TPSA) is 67.9 Å². The van der Waals surface area contributed by atoms with E-state index >= 15 is 0 Å². The molecule has 0 saturated heterocycles. The Labute approximate surface area is 163 Å². The fourth-order valence-electron chi connectivity index (χ4n) is 3.12. The SMILES string of the molecule is COc1ccc(CC(=O)c2ccncc2)cc1-c1cc(-c2ccccc2)n[nH]1. The lowest BCUT2D eigenvalue weighted by atomic mass is 10.00. The van der Waals surface area contributed by atoms with Gasteiger partial charge in [-0.1, -0.05) is 36.4 Å². The summed E-state index contributed by atoms with van der Waals surface area (Å²) < 4.78 is 5.52. The number of hydrogen-bond donors (Lipinski definition) is 1. The number of pyridine rings is 1. The third-order valence-electron chi connectivity index (χ3n) is 4.57. The number of aromatic nitrogens is 3. The van der Waals surface area contributed by atoms with Crippen molar-refractivity contribution >= 4 is 5.78 Å². The lowest BCUT2D eigenvalue weighted by Gasteiger charge is -2.09. The zero-order valence-electron chi connectivity index (χ0n) is 15.4. The lowest BCUT2D eigenvalue weighted by molar-refractivity contribution is 0.0993. The number of H-pyrrole nitrogens is 1. The number of ether oxygens (including phenoxy) is 1. The van der Waals surface area contributed by atoms with E-state index in [-0.39, 0.29) is 5.78 Å². The highest BCUT2D eigenvalue weighted by atomic mass is 16.5. The monoisotopic (exact) mass is 369 g/mol. The first-order chi connectivity index (χ1) is 13.7. The molecule has 138 valence electrons. The van der Waals surface area contributed by atoms with Gasteiger partial charge in [-0.3, -0.25) is 14.9 Å². The van der Waals surface area contributed by atoms with Crippen molar-refractivity contribution in [1.82, 2.24) is 15.2 Å². The van der Waals surface area contributed by atoms with Crippen molar-refractivity contribution in [2.75, 3.05) is 7.11 Å². The summed E-state index contributed by atoms with van der Waals surface area (Å²) in [6.07, 6.45) is 3.56. The predicted molar refractivity (Wildman–Crippen MR) is 108 cm³/mol. The summed E-state index contributed by atoms with van der Waals surface area (Å²) >= 11 is 0. The second-order valence-electron chi connectivity index (χ2n) is 6.40. The number of aromatic amines is 1. The predicted octanol–water partition coefficient (Wildman–Crippen LogP) is 4.57. The highest BCUT2D eigenvalue weighted by Crippen LogP contribution is 2.32. The van der Waals surface area contributed by atoms with Crippen LogP contribution in [-0.4, -0.2) is 28.1 Å². The molecule has 5 nitrogen and oxygen atoms in total. The maximum Gasteiger partial charge on any atom is 0.167 e. The maximum atomic E-state index is 12.5. The molecule has 4 aromatic rings. The van der Waals surface area contributed by atoms with E-state index in [1.807, 2.05) is 54.6 Å². The van der Waals surface area contributed by atoms with Crippen LogP contribution in [0.5, 0.6) is 5.75 Å². The molecule has 0 fully saturated rings. The van der Waals surface area contributed by atoms with E-state index in [0.29, 0.717) is 12.0 Å². The number of hydrogen-bond acceptors (Lipinski definition) is 4. The molecule has 0 unspecified atom stereocenters.